The van der Waals surface area contributed by atoms with Crippen molar-refractivity contribution in [2.75, 3.05) is 0 Å². The summed E-state index contributed by atoms with van der Waals surface area (Å²) in [6.45, 7) is 0. The quantitative estimate of drug-likeness (QED) is 0.291. The van der Waals surface area contributed by atoms with E-state index >= 15 is 0 Å². The molecule has 174 valence electrons. The maximum Gasteiger partial charge on any atom is 0.0746 e. The minimum atomic E-state index is -0.296. The zero-order valence-electron chi connectivity index (χ0n) is 20.1. The fraction of sp³-hybridized carbons (Fsp3) is 0.250. The molecule has 2 unspecified atom stereocenters. The maximum absolute atomic E-state index is 9.63. The summed E-state index contributed by atoms with van der Waals surface area (Å²) in [6, 6.07) is 30.3. The molecule has 4 aromatic rings. The molecule has 0 N–H and O–H groups in total. The molecule has 0 saturated carbocycles. The Bertz CT molecular complexity index is 1330. The van der Waals surface area contributed by atoms with Crippen LogP contribution in [0.15, 0.2) is 85.2 Å². The van der Waals surface area contributed by atoms with E-state index < -0.39 is 0 Å². The minimum Gasteiger partial charge on any atom is -0.256 e. The van der Waals surface area contributed by atoms with Gasteiger partial charge in [-0.3, -0.25) is 9.97 Å². The highest BCUT2D eigenvalue weighted by molar-refractivity contribution is 5.79. The Morgan fingerprint density at radius 1 is 0.528 bits per heavy atom. The number of hydrogen-bond donors (Lipinski definition) is 0. The number of fused-ring (bicyclic) bond motifs is 6. The zero-order chi connectivity index (χ0) is 24.6. The fourth-order valence-electron chi connectivity index (χ4n) is 6.81. The van der Waals surface area contributed by atoms with Crippen LogP contribution in [-0.2, 0) is 10.8 Å². The van der Waals surface area contributed by atoms with E-state index in [1.165, 1.54) is 33.4 Å². The van der Waals surface area contributed by atoms with Crippen LogP contribution in [0.1, 0.15) is 60.8 Å². The minimum absolute atomic E-state index is 0.296. The van der Waals surface area contributed by atoms with Gasteiger partial charge in [-0.15, -0.1) is 0 Å². The highest BCUT2D eigenvalue weighted by atomic mass is 14.7. The van der Waals surface area contributed by atoms with E-state index in [2.05, 4.69) is 72.8 Å². The molecule has 0 fully saturated rings. The largest absolute Gasteiger partial charge is 0.256 e. The van der Waals surface area contributed by atoms with Gasteiger partial charge < -0.3 is 0 Å². The average Bonchev–Trinajstić information content (AvgIpc) is 3.38. The molecule has 6 rings (SSSR count). The summed E-state index contributed by atoms with van der Waals surface area (Å²) >= 11 is 0. The summed E-state index contributed by atoms with van der Waals surface area (Å²) in [5, 5.41) is 19.3. The number of nitrogens with zero attached hydrogens (tertiary/aromatic N) is 4. The molecule has 4 nitrogen and oxygen atoms in total. The second kappa shape index (κ2) is 8.74. The van der Waals surface area contributed by atoms with Crippen molar-refractivity contribution in [2.24, 2.45) is 0 Å². The van der Waals surface area contributed by atoms with E-state index in [0.29, 0.717) is 12.8 Å². The zero-order valence-corrected chi connectivity index (χ0v) is 20.1. The number of nitriles is 2. The molecule has 0 amide bonds. The Kier molecular flexibility index (Phi) is 5.39. The molecule has 4 heteroatoms. The number of hydrogen-bond acceptors (Lipinski definition) is 4. The molecule has 2 aromatic heterocycles. The van der Waals surface area contributed by atoms with Crippen LogP contribution in [-0.4, -0.2) is 9.97 Å². The number of aromatic nitrogens is 2. The highest BCUT2D eigenvalue weighted by Crippen LogP contribution is 2.58. The van der Waals surface area contributed by atoms with Crippen molar-refractivity contribution in [1.29, 1.82) is 10.5 Å². The van der Waals surface area contributed by atoms with Crippen molar-refractivity contribution in [3.63, 3.8) is 0 Å². The second-order valence-corrected chi connectivity index (χ2v) is 9.87. The SMILES string of the molecule is N#CCCC1(CCC2(CCC#N)c3ccccc3-c3ncccc32)c2ccccc2-c2ncccc21. The van der Waals surface area contributed by atoms with Crippen molar-refractivity contribution in [1.82, 2.24) is 9.97 Å². The topological polar surface area (TPSA) is 73.4 Å². The average molecular weight is 467 g/mol. The van der Waals surface area contributed by atoms with Gasteiger partial charge in [0.2, 0.25) is 0 Å². The first-order chi connectivity index (χ1) is 17.7. The Morgan fingerprint density at radius 3 is 1.39 bits per heavy atom. The van der Waals surface area contributed by atoms with E-state index in [1.54, 1.807) is 0 Å². The second-order valence-electron chi connectivity index (χ2n) is 9.87. The lowest BCUT2D eigenvalue weighted by atomic mass is 9.64. The smallest absolute Gasteiger partial charge is 0.0746 e. The van der Waals surface area contributed by atoms with Crippen LogP contribution in [0.3, 0.4) is 0 Å². The summed E-state index contributed by atoms with van der Waals surface area (Å²) in [4.78, 5) is 9.57. The van der Waals surface area contributed by atoms with Crippen molar-refractivity contribution >= 4 is 0 Å². The Morgan fingerprint density at radius 2 is 0.944 bits per heavy atom. The van der Waals surface area contributed by atoms with E-state index in [4.69, 9.17) is 9.97 Å². The number of benzene rings is 2. The van der Waals surface area contributed by atoms with Crippen molar-refractivity contribution in [3.8, 4) is 34.7 Å². The van der Waals surface area contributed by atoms with E-state index in [-0.39, 0.29) is 10.8 Å². The predicted octanol–water partition coefficient (Wildman–Crippen LogP) is 7.10. The third-order valence-electron chi connectivity index (χ3n) is 8.35. The summed E-state index contributed by atoms with van der Waals surface area (Å²) in [5.41, 5.74) is 8.78. The molecule has 2 aliphatic rings. The molecule has 0 aliphatic heterocycles. The van der Waals surface area contributed by atoms with Gasteiger partial charge in [0, 0.05) is 47.2 Å². The molecule has 0 spiro atoms. The first-order valence-electron chi connectivity index (χ1n) is 12.6. The van der Waals surface area contributed by atoms with Crippen molar-refractivity contribution < 1.29 is 0 Å². The lowest BCUT2D eigenvalue weighted by molar-refractivity contribution is 0.356. The van der Waals surface area contributed by atoms with Gasteiger partial charge in [0.1, 0.15) is 0 Å². The van der Waals surface area contributed by atoms with Gasteiger partial charge in [-0.05, 0) is 60.1 Å². The van der Waals surface area contributed by atoms with Crippen molar-refractivity contribution in [2.45, 2.75) is 49.4 Å². The van der Waals surface area contributed by atoms with Crippen LogP contribution in [0.25, 0.3) is 22.5 Å². The Balaban J connectivity index is 1.52. The summed E-state index contributed by atoms with van der Waals surface area (Å²) in [7, 11) is 0. The van der Waals surface area contributed by atoms with Crippen LogP contribution >= 0.6 is 0 Å². The predicted molar refractivity (Wildman–Crippen MR) is 140 cm³/mol. The monoisotopic (exact) mass is 466 g/mol. The van der Waals surface area contributed by atoms with E-state index in [1.807, 2.05) is 24.5 Å². The lowest BCUT2D eigenvalue weighted by Crippen LogP contribution is -2.32. The molecule has 2 atom stereocenters. The first kappa shape index (κ1) is 22.2. The van der Waals surface area contributed by atoms with Gasteiger partial charge in [0.15, 0.2) is 0 Å². The molecule has 0 radical (unpaired) electrons. The lowest BCUT2D eigenvalue weighted by Gasteiger charge is -2.38. The van der Waals surface area contributed by atoms with Gasteiger partial charge in [-0.2, -0.15) is 10.5 Å². The molecule has 2 aliphatic carbocycles. The fourth-order valence-corrected chi connectivity index (χ4v) is 6.81. The van der Waals surface area contributed by atoms with Gasteiger partial charge in [-0.1, -0.05) is 60.7 Å². The van der Waals surface area contributed by atoms with Crippen LogP contribution in [0.4, 0.5) is 0 Å². The first-order valence-corrected chi connectivity index (χ1v) is 12.6. The van der Waals surface area contributed by atoms with Crippen molar-refractivity contribution in [3.05, 3.63) is 107 Å². The molecule has 0 saturated heterocycles. The molecular weight excluding hydrogens is 440 g/mol. The van der Waals surface area contributed by atoms with Crippen LogP contribution < -0.4 is 0 Å². The van der Waals surface area contributed by atoms with Gasteiger partial charge in [0.05, 0.1) is 23.5 Å². The number of rotatable bonds is 7. The number of pyridine rings is 2. The van der Waals surface area contributed by atoms with Crippen LogP contribution in [0, 0.1) is 22.7 Å². The molecule has 0 bridgehead atoms. The van der Waals surface area contributed by atoms with Gasteiger partial charge in [-0.25, -0.2) is 0 Å². The van der Waals surface area contributed by atoms with Crippen LogP contribution in [0.5, 0.6) is 0 Å². The Labute approximate surface area is 211 Å². The summed E-state index contributed by atoms with van der Waals surface area (Å²) in [6.07, 6.45) is 7.88. The van der Waals surface area contributed by atoms with E-state index in [0.717, 1.165) is 37.1 Å². The molecule has 2 heterocycles. The molecule has 36 heavy (non-hydrogen) atoms. The Hall–Kier alpha value is -4.28. The highest BCUT2D eigenvalue weighted by Gasteiger charge is 2.48. The third kappa shape index (κ3) is 3.11. The standard InChI is InChI=1S/C32H26N4/c33-19-7-15-31(25-11-3-1-9-23(25)29-27(31)13-5-21-35-29)17-18-32(16-8-20-34)26-12-4-2-10-24(26)30-28(32)14-6-22-36-30/h1-6,9-14,21-22H,7-8,15-18H2. The maximum atomic E-state index is 9.63. The van der Waals surface area contributed by atoms with Gasteiger partial charge >= 0.3 is 0 Å². The summed E-state index contributed by atoms with van der Waals surface area (Å²) in [5.74, 6) is 0. The molecule has 2 aromatic carbocycles. The summed E-state index contributed by atoms with van der Waals surface area (Å²) < 4.78 is 0. The third-order valence-corrected chi connectivity index (χ3v) is 8.35. The van der Waals surface area contributed by atoms with Crippen LogP contribution in [0.2, 0.25) is 0 Å². The molecular formula is C32H26N4. The van der Waals surface area contributed by atoms with Gasteiger partial charge in [0.25, 0.3) is 0 Å². The van der Waals surface area contributed by atoms with E-state index in [9.17, 15) is 10.5 Å². The normalized spacial score (nSPS) is 20.5.